The number of hydroxylamine groups is 1. The Morgan fingerprint density at radius 1 is 1.17 bits per heavy atom. The van der Waals surface area contributed by atoms with E-state index in [2.05, 4.69) is 5.32 Å². The summed E-state index contributed by atoms with van der Waals surface area (Å²) >= 11 is 0. The van der Waals surface area contributed by atoms with Crippen molar-refractivity contribution in [3.8, 4) is 16.9 Å². The number of carbonyl (C=O) groups excluding carboxylic acids is 1. The predicted octanol–water partition coefficient (Wildman–Crippen LogP) is 2.04. The Labute approximate surface area is 168 Å². The van der Waals surface area contributed by atoms with E-state index in [9.17, 15) is 17.6 Å². The number of hydrogen-bond acceptors (Lipinski definition) is 6. The van der Waals surface area contributed by atoms with Crippen LogP contribution in [0.15, 0.2) is 42.5 Å². The van der Waals surface area contributed by atoms with Gasteiger partial charge < -0.3 is 4.74 Å². The fourth-order valence-electron chi connectivity index (χ4n) is 3.42. The molecule has 3 N–H and O–H groups in total. The van der Waals surface area contributed by atoms with Crippen molar-refractivity contribution in [1.29, 1.82) is 0 Å². The summed E-state index contributed by atoms with van der Waals surface area (Å²) in [4.78, 5) is 12.2. The molecule has 1 aliphatic heterocycles. The van der Waals surface area contributed by atoms with Gasteiger partial charge in [-0.2, -0.15) is 0 Å². The van der Waals surface area contributed by atoms with Gasteiger partial charge in [-0.15, -0.1) is 0 Å². The normalized spacial score (nSPS) is 17.5. The molecule has 2 aromatic rings. The molecule has 1 fully saturated rings. The molecule has 1 amide bonds. The zero-order valence-corrected chi connectivity index (χ0v) is 16.8. The molecular weight excluding hydrogens is 399 g/mol. The van der Waals surface area contributed by atoms with Crippen LogP contribution in [-0.4, -0.2) is 43.7 Å². The Hall–Kier alpha value is -2.49. The first-order chi connectivity index (χ1) is 13.8. The van der Waals surface area contributed by atoms with Crippen molar-refractivity contribution in [3.05, 3.63) is 53.8 Å². The number of ether oxygens (including phenoxy) is 1. The zero-order chi connectivity index (χ0) is 21.1. The largest absolute Gasteiger partial charge is 0.497 e. The van der Waals surface area contributed by atoms with Crippen molar-refractivity contribution in [2.24, 2.45) is 0 Å². The Morgan fingerprint density at radius 2 is 1.83 bits per heavy atom. The van der Waals surface area contributed by atoms with E-state index in [0.717, 1.165) is 0 Å². The van der Waals surface area contributed by atoms with Gasteiger partial charge in [-0.05, 0) is 42.2 Å². The average Bonchev–Trinajstić information content (AvgIpc) is 2.73. The van der Waals surface area contributed by atoms with Crippen LogP contribution in [-0.2, 0) is 21.2 Å². The topological polar surface area (TPSA) is 105 Å². The molecule has 0 spiro atoms. The van der Waals surface area contributed by atoms with Crippen LogP contribution in [0.1, 0.15) is 18.4 Å². The second kappa shape index (κ2) is 8.48. The Bertz CT molecular complexity index is 978. The number of nitrogens with one attached hydrogen (secondary N) is 2. The molecule has 2 aromatic carbocycles. The summed E-state index contributed by atoms with van der Waals surface area (Å²) in [5, 5.41) is 12.1. The third-order valence-electron chi connectivity index (χ3n) is 5.28. The number of rotatable bonds is 6. The van der Waals surface area contributed by atoms with Crippen molar-refractivity contribution in [2.75, 3.05) is 18.6 Å². The van der Waals surface area contributed by atoms with E-state index in [1.54, 1.807) is 49.0 Å². The summed E-state index contributed by atoms with van der Waals surface area (Å²) in [7, 11) is -1.64. The summed E-state index contributed by atoms with van der Waals surface area (Å²) in [5.41, 5.74) is 2.13. The Morgan fingerprint density at radius 3 is 2.38 bits per heavy atom. The first-order valence-electron chi connectivity index (χ1n) is 9.11. The summed E-state index contributed by atoms with van der Waals surface area (Å²) < 4.78 is 43.2. The molecule has 0 radical (unpaired) electrons. The van der Waals surface area contributed by atoms with Crippen molar-refractivity contribution in [3.63, 3.8) is 0 Å². The van der Waals surface area contributed by atoms with Crippen LogP contribution < -0.4 is 15.5 Å². The van der Waals surface area contributed by atoms with E-state index < -0.39 is 27.1 Å². The van der Waals surface area contributed by atoms with Gasteiger partial charge in [0.15, 0.2) is 0 Å². The molecule has 1 saturated heterocycles. The van der Waals surface area contributed by atoms with Crippen LogP contribution >= 0.6 is 0 Å². The second-order valence-corrected chi connectivity index (χ2v) is 9.37. The van der Waals surface area contributed by atoms with Gasteiger partial charge in [0.1, 0.15) is 26.9 Å². The lowest BCUT2D eigenvalue weighted by Gasteiger charge is -2.35. The standard InChI is InChI=1S/C20H23FN2O5S/c1-28-16-5-3-15(4-6-16)17-7-2-14(12-18(17)21)13-22-20(19(24)23-25)8-10-29(26,27)11-9-20/h2-7,12,22,25H,8-11,13H2,1H3,(H,23,24). The van der Waals surface area contributed by atoms with Crippen LogP contribution in [0.2, 0.25) is 0 Å². The highest BCUT2D eigenvalue weighted by atomic mass is 32.2. The lowest BCUT2D eigenvalue weighted by atomic mass is 9.91. The van der Waals surface area contributed by atoms with Gasteiger partial charge in [0.05, 0.1) is 18.6 Å². The van der Waals surface area contributed by atoms with E-state index in [-0.39, 0.29) is 30.9 Å². The molecule has 0 aromatic heterocycles. The van der Waals surface area contributed by atoms with Crippen LogP contribution in [0.4, 0.5) is 4.39 Å². The minimum Gasteiger partial charge on any atom is -0.497 e. The monoisotopic (exact) mass is 422 g/mol. The molecule has 0 saturated carbocycles. The zero-order valence-electron chi connectivity index (χ0n) is 15.9. The number of benzene rings is 2. The maximum absolute atomic E-state index is 14.6. The average molecular weight is 422 g/mol. The molecule has 9 heteroatoms. The van der Waals surface area contributed by atoms with Crippen LogP contribution in [0.5, 0.6) is 5.75 Å². The highest BCUT2D eigenvalue weighted by Gasteiger charge is 2.43. The third-order valence-corrected chi connectivity index (χ3v) is 6.93. The first-order valence-corrected chi connectivity index (χ1v) is 10.9. The summed E-state index contributed by atoms with van der Waals surface area (Å²) in [6, 6.07) is 11.8. The minimum absolute atomic E-state index is 0.0359. The second-order valence-electron chi connectivity index (χ2n) is 7.07. The lowest BCUT2D eigenvalue weighted by molar-refractivity contribution is -0.136. The summed E-state index contributed by atoms with van der Waals surface area (Å²) in [6.07, 6.45) is 0.0717. The maximum atomic E-state index is 14.6. The number of halogens is 1. The minimum atomic E-state index is -3.20. The van der Waals surface area contributed by atoms with E-state index >= 15 is 0 Å². The molecule has 29 heavy (non-hydrogen) atoms. The Balaban J connectivity index is 1.75. The van der Waals surface area contributed by atoms with Crippen molar-refractivity contribution in [1.82, 2.24) is 10.8 Å². The Kier molecular flexibility index (Phi) is 6.21. The number of hydrogen-bond donors (Lipinski definition) is 3. The summed E-state index contributed by atoms with van der Waals surface area (Å²) in [5.74, 6) is -0.739. The fourth-order valence-corrected chi connectivity index (χ4v) is 4.95. The SMILES string of the molecule is COc1ccc(-c2ccc(CNC3(C(=O)NO)CCS(=O)(=O)CC3)cc2F)cc1. The molecule has 0 bridgehead atoms. The van der Waals surface area contributed by atoms with Gasteiger partial charge in [0.2, 0.25) is 0 Å². The fraction of sp³-hybridized carbons (Fsp3) is 0.350. The number of methoxy groups -OCH3 is 1. The molecule has 1 aliphatic rings. The molecular formula is C20H23FN2O5S. The molecule has 0 aliphatic carbocycles. The molecule has 0 atom stereocenters. The van der Waals surface area contributed by atoms with Crippen molar-refractivity contribution in [2.45, 2.75) is 24.9 Å². The molecule has 156 valence electrons. The quantitative estimate of drug-likeness (QED) is 0.486. The highest BCUT2D eigenvalue weighted by Crippen LogP contribution is 2.27. The van der Waals surface area contributed by atoms with E-state index in [1.807, 2.05) is 0 Å². The molecule has 7 nitrogen and oxygen atoms in total. The van der Waals surface area contributed by atoms with E-state index in [4.69, 9.17) is 9.94 Å². The number of amides is 1. The van der Waals surface area contributed by atoms with Gasteiger partial charge >= 0.3 is 0 Å². The molecule has 0 unspecified atom stereocenters. The van der Waals surface area contributed by atoms with E-state index in [0.29, 0.717) is 22.4 Å². The van der Waals surface area contributed by atoms with Gasteiger partial charge in [0, 0.05) is 12.1 Å². The van der Waals surface area contributed by atoms with Crippen LogP contribution in [0.25, 0.3) is 11.1 Å². The smallest absolute Gasteiger partial charge is 0.263 e. The van der Waals surface area contributed by atoms with Gasteiger partial charge in [0.25, 0.3) is 5.91 Å². The molecule has 1 heterocycles. The predicted molar refractivity (Wildman–Crippen MR) is 106 cm³/mol. The molecule has 3 rings (SSSR count). The first kappa shape index (κ1) is 21.2. The highest BCUT2D eigenvalue weighted by molar-refractivity contribution is 7.91. The summed E-state index contributed by atoms with van der Waals surface area (Å²) in [6.45, 7) is 0.146. The number of carbonyl (C=O) groups is 1. The van der Waals surface area contributed by atoms with Gasteiger partial charge in [-0.25, -0.2) is 18.3 Å². The van der Waals surface area contributed by atoms with Crippen molar-refractivity contribution < 1.29 is 27.5 Å². The third kappa shape index (κ3) is 4.75. The number of sulfone groups is 1. The van der Waals surface area contributed by atoms with Gasteiger partial charge in [-0.1, -0.05) is 24.3 Å². The van der Waals surface area contributed by atoms with Crippen molar-refractivity contribution >= 4 is 15.7 Å². The van der Waals surface area contributed by atoms with Crippen LogP contribution in [0, 0.1) is 5.82 Å². The lowest BCUT2D eigenvalue weighted by Crippen LogP contribution is -2.59. The van der Waals surface area contributed by atoms with E-state index in [1.165, 1.54) is 6.07 Å². The van der Waals surface area contributed by atoms with Gasteiger partial charge in [-0.3, -0.25) is 15.3 Å². The van der Waals surface area contributed by atoms with Crippen LogP contribution in [0.3, 0.4) is 0 Å². The maximum Gasteiger partial charge on any atom is 0.263 e.